The number of rotatable bonds is 5. The third-order valence-electron chi connectivity index (χ3n) is 2.90. The number of amides is 1. The molecule has 1 N–H and O–H groups in total. The number of nitrogens with one attached hydrogen (secondary N) is 1. The summed E-state index contributed by atoms with van der Waals surface area (Å²) < 4.78 is 1.09. The second-order valence-electron chi connectivity index (χ2n) is 4.53. The Hall–Kier alpha value is -1.33. The van der Waals surface area contributed by atoms with Crippen LogP contribution in [0.3, 0.4) is 0 Å². The largest absolute Gasteiger partial charge is 0.385 e. The van der Waals surface area contributed by atoms with E-state index in [9.17, 15) is 4.79 Å². The monoisotopic (exact) mass is 352 g/mol. The van der Waals surface area contributed by atoms with Crippen LogP contribution in [0.2, 0.25) is 0 Å². The molecule has 0 saturated carbocycles. The van der Waals surface area contributed by atoms with Gasteiger partial charge in [-0.25, -0.2) is 0 Å². The van der Waals surface area contributed by atoms with E-state index in [1.54, 1.807) is 16.2 Å². The second-order valence-corrected chi connectivity index (χ2v) is 6.82. The number of hydrogen-bond acceptors (Lipinski definition) is 3. The van der Waals surface area contributed by atoms with Gasteiger partial charge in [0.15, 0.2) is 0 Å². The highest BCUT2D eigenvalue weighted by atomic mass is 79.9. The molecule has 1 amide bonds. The Balaban J connectivity index is 2.02. The predicted octanol–water partition coefficient (Wildman–Crippen LogP) is 4.21. The Morgan fingerprint density at radius 1 is 1.35 bits per heavy atom. The minimum atomic E-state index is 0.0374. The van der Waals surface area contributed by atoms with E-state index in [-0.39, 0.29) is 5.91 Å². The van der Waals surface area contributed by atoms with E-state index >= 15 is 0 Å². The SMILES string of the molecule is CCNc1ccc(C(=O)N(C)Cc2csc(Br)c2)cc1. The Morgan fingerprint density at radius 3 is 2.60 bits per heavy atom. The first kappa shape index (κ1) is 15.1. The highest BCUT2D eigenvalue weighted by Crippen LogP contribution is 2.22. The molecule has 5 heteroatoms. The molecule has 1 heterocycles. The van der Waals surface area contributed by atoms with Crippen LogP contribution in [-0.4, -0.2) is 24.4 Å². The van der Waals surface area contributed by atoms with Crippen LogP contribution < -0.4 is 5.32 Å². The summed E-state index contributed by atoms with van der Waals surface area (Å²) in [6.45, 7) is 3.54. The van der Waals surface area contributed by atoms with Crippen molar-refractivity contribution in [1.29, 1.82) is 0 Å². The normalized spacial score (nSPS) is 10.3. The number of carbonyl (C=O) groups is 1. The smallest absolute Gasteiger partial charge is 0.253 e. The molecule has 1 aromatic heterocycles. The summed E-state index contributed by atoms with van der Waals surface area (Å²) in [6, 6.07) is 9.64. The van der Waals surface area contributed by atoms with E-state index in [0.717, 1.165) is 21.6 Å². The van der Waals surface area contributed by atoms with Crippen molar-refractivity contribution >= 4 is 38.9 Å². The first-order valence-electron chi connectivity index (χ1n) is 6.42. The lowest BCUT2D eigenvalue weighted by molar-refractivity contribution is 0.0785. The molecular weight excluding hydrogens is 336 g/mol. The quantitative estimate of drug-likeness (QED) is 0.873. The number of carbonyl (C=O) groups excluding carboxylic acids is 1. The van der Waals surface area contributed by atoms with E-state index in [1.165, 1.54) is 0 Å². The van der Waals surface area contributed by atoms with Crippen LogP contribution in [0.25, 0.3) is 0 Å². The van der Waals surface area contributed by atoms with Crippen molar-refractivity contribution < 1.29 is 4.79 Å². The minimum absolute atomic E-state index is 0.0374. The molecule has 2 aromatic rings. The fraction of sp³-hybridized carbons (Fsp3) is 0.267. The summed E-state index contributed by atoms with van der Waals surface area (Å²) in [6.07, 6.45) is 0. The van der Waals surface area contributed by atoms with E-state index in [0.29, 0.717) is 12.1 Å². The molecule has 0 saturated heterocycles. The number of halogens is 1. The summed E-state index contributed by atoms with van der Waals surface area (Å²) in [5.41, 5.74) is 2.89. The van der Waals surface area contributed by atoms with Gasteiger partial charge in [-0.3, -0.25) is 4.79 Å². The number of anilines is 1. The highest BCUT2D eigenvalue weighted by Gasteiger charge is 2.12. The lowest BCUT2D eigenvalue weighted by Crippen LogP contribution is -2.25. The van der Waals surface area contributed by atoms with Crippen molar-refractivity contribution in [1.82, 2.24) is 4.90 Å². The minimum Gasteiger partial charge on any atom is -0.385 e. The Labute approximate surface area is 131 Å². The van der Waals surface area contributed by atoms with Crippen LogP contribution >= 0.6 is 27.3 Å². The van der Waals surface area contributed by atoms with Gasteiger partial charge in [-0.15, -0.1) is 11.3 Å². The number of nitrogens with zero attached hydrogens (tertiary/aromatic N) is 1. The zero-order chi connectivity index (χ0) is 14.5. The van der Waals surface area contributed by atoms with Crippen LogP contribution in [0.1, 0.15) is 22.8 Å². The third-order valence-corrected chi connectivity index (χ3v) is 4.45. The Bertz CT molecular complexity index is 580. The summed E-state index contributed by atoms with van der Waals surface area (Å²) >= 11 is 5.07. The molecular formula is C15H17BrN2OS. The van der Waals surface area contributed by atoms with Gasteiger partial charge in [-0.05, 0) is 64.1 Å². The van der Waals surface area contributed by atoms with Gasteiger partial charge in [0.1, 0.15) is 0 Å². The van der Waals surface area contributed by atoms with E-state index in [4.69, 9.17) is 0 Å². The zero-order valence-electron chi connectivity index (χ0n) is 11.5. The van der Waals surface area contributed by atoms with Crippen molar-refractivity contribution in [3.05, 3.63) is 50.6 Å². The molecule has 0 radical (unpaired) electrons. The van der Waals surface area contributed by atoms with E-state index in [1.807, 2.05) is 44.3 Å². The molecule has 1 aromatic carbocycles. The third kappa shape index (κ3) is 3.84. The lowest BCUT2D eigenvalue weighted by Gasteiger charge is -2.16. The maximum Gasteiger partial charge on any atom is 0.253 e. The number of benzene rings is 1. The maximum atomic E-state index is 12.3. The van der Waals surface area contributed by atoms with Crippen molar-refractivity contribution in [2.45, 2.75) is 13.5 Å². The van der Waals surface area contributed by atoms with Crippen LogP contribution in [0.15, 0.2) is 39.5 Å². The van der Waals surface area contributed by atoms with Gasteiger partial charge in [0.05, 0.1) is 3.79 Å². The van der Waals surface area contributed by atoms with Gasteiger partial charge in [0, 0.05) is 31.4 Å². The van der Waals surface area contributed by atoms with Crippen molar-refractivity contribution in [3.63, 3.8) is 0 Å². The molecule has 106 valence electrons. The van der Waals surface area contributed by atoms with Crippen LogP contribution in [0.4, 0.5) is 5.69 Å². The zero-order valence-corrected chi connectivity index (χ0v) is 13.9. The summed E-state index contributed by atoms with van der Waals surface area (Å²) in [5.74, 6) is 0.0374. The topological polar surface area (TPSA) is 32.3 Å². The van der Waals surface area contributed by atoms with Crippen LogP contribution in [0.5, 0.6) is 0 Å². The molecule has 0 aliphatic heterocycles. The van der Waals surface area contributed by atoms with E-state index < -0.39 is 0 Å². The molecule has 0 aliphatic rings. The summed E-state index contributed by atoms with van der Waals surface area (Å²) in [4.78, 5) is 14.1. The van der Waals surface area contributed by atoms with Crippen molar-refractivity contribution in [3.8, 4) is 0 Å². The Morgan fingerprint density at radius 2 is 2.05 bits per heavy atom. The van der Waals surface area contributed by atoms with E-state index in [2.05, 4.69) is 26.6 Å². The van der Waals surface area contributed by atoms with Gasteiger partial charge < -0.3 is 10.2 Å². The molecule has 0 bridgehead atoms. The molecule has 0 aliphatic carbocycles. The van der Waals surface area contributed by atoms with Crippen LogP contribution in [-0.2, 0) is 6.54 Å². The second kappa shape index (κ2) is 6.90. The lowest BCUT2D eigenvalue weighted by atomic mass is 10.1. The first-order valence-corrected chi connectivity index (χ1v) is 8.09. The predicted molar refractivity (Wildman–Crippen MR) is 88.4 cm³/mol. The molecule has 2 rings (SSSR count). The van der Waals surface area contributed by atoms with Crippen molar-refractivity contribution in [2.75, 3.05) is 18.9 Å². The summed E-state index contributed by atoms with van der Waals surface area (Å²) in [5, 5.41) is 5.27. The molecule has 0 spiro atoms. The maximum absolute atomic E-state index is 12.3. The first-order chi connectivity index (χ1) is 9.60. The standard InChI is InChI=1S/C15H17BrN2OS/c1-3-17-13-6-4-12(5-7-13)15(19)18(2)9-11-8-14(16)20-10-11/h4-8,10,17H,3,9H2,1-2H3. The molecule has 20 heavy (non-hydrogen) atoms. The molecule has 0 unspecified atom stereocenters. The van der Waals surface area contributed by atoms with Gasteiger partial charge in [-0.2, -0.15) is 0 Å². The molecule has 3 nitrogen and oxygen atoms in total. The van der Waals surface area contributed by atoms with Gasteiger partial charge in [0.2, 0.25) is 0 Å². The average molecular weight is 353 g/mol. The fourth-order valence-electron chi connectivity index (χ4n) is 1.93. The van der Waals surface area contributed by atoms with Gasteiger partial charge >= 0.3 is 0 Å². The molecule has 0 fully saturated rings. The Kier molecular flexibility index (Phi) is 5.20. The molecule has 0 atom stereocenters. The number of thiophene rings is 1. The van der Waals surface area contributed by atoms with Gasteiger partial charge in [0.25, 0.3) is 5.91 Å². The van der Waals surface area contributed by atoms with Crippen LogP contribution in [0, 0.1) is 0 Å². The number of hydrogen-bond donors (Lipinski definition) is 1. The van der Waals surface area contributed by atoms with Crippen molar-refractivity contribution in [2.24, 2.45) is 0 Å². The average Bonchev–Trinajstić information content (AvgIpc) is 2.84. The highest BCUT2D eigenvalue weighted by molar-refractivity contribution is 9.11. The van der Waals surface area contributed by atoms with Gasteiger partial charge in [-0.1, -0.05) is 0 Å². The fourth-order valence-corrected chi connectivity index (χ4v) is 3.13. The summed E-state index contributed by atoms with van der Waals surface area (Å²) in [7, 11) is 1.83.